The van der Waals surface area contributed by atoms with Crippen LogP contribution in [0.5, 0.6) is 5.75 Å². The van der Waals surface area contributed by atoms with Gasteiger partial charge in [0.1, 0.15) is 23.3 Å². The van der Waals surface area contributed by atoms with Crippen molar-refractivity contribution in [1.29, 1.82) is 0 Å². The number of methoxy groups -OCH3 is 1. The summed E-state index contributed by atoms with van der Waals surface area (Å²) in [5.41, 5.74) is 6.05. The third-order valence-electron chi connectivity index (χ3n) is 6.03. The van der Waals surface area contributed by atoms with E-state index in [2.05, 4.69) is 48.6 Å². The number of rotatable bonds is 6. The summed E-state index contributed by atoms with van der Waals surface area (Å²) in [5, 5.41) is 3.46. The molecule has 1 aromatic heterocycles. The first-order chi connectivity index (χ1) is 16.1. The number of hydrogen-bond donors (Lipinski definition) is 1. The number of hydrogen-bond acceptors (Lipinski definition) is 4. The van der Waals surface area contributed by atoms with Gasteiger partial charge in [0, 0.05) is 18.4 Å². The lowest BCUT2D eigenvalue weighted by atomic mass is 10.0. The Hall–Kier alpha value is -3.99. The van der Waals surface area contributed by atoms with E-state index in [-0.39, 0.29) is 11.9 Å². The molecule has 164 valence electrons. The first kappa shape index (κ1) is 20.9. The van der Waals surface area contributed by atoms with Crippen molar-refractivity contribution in [3.63, 3.8) is 0 Å². The van der Waals surface area contributed by atoms with Gasteiger partial charge in [0.05, 0.1) is 7.11 Å². The van der Waals surface area contributed by atoms with Gasteiger partial charge in [0.25, 0.3) is 0 Å². The second-order valence-electron chi connectivity index (χ2n) is 8.41. The van der Waals surface area contributed by atoms with E-state index < -0.39 is 0 Å². The van der Waals surface area contributed by atoms with Crippen molar-refractivity contribution in [3.05, 3.63) is 107 Å². The molecule has 0 amide bonds. The molecule has 4 aromatic rings. The maximum atomic E-state index is 13.4. The van der Waals surface area contributed by atoms with Crippen LogP contribution in [0, 0.1) is 6.92 Å². The van der Waals surface area contributed by atoms with E-state index in [0.717, 1.165) is 39.6 Å². The summed E-state index contributed by atoms with van der Waals surface area (Å²) in [5.74, 6) is 1.60. The van der Waals surface area contributed by atoms with Gasteiger partial charge in [-0.3, -0.25) is 5.32 Å². The summed E-state index contributed by atoms with van der Waals surface area (Å²) in [7, 11) is 1.65. The molecule has 5 heteroatoms. The fourth-order valence-corrected chi connectivity index (χ4v) is 4.19. The van der Waals surface area contributed by atoms with Crippen LogP contribution in [-0.2, 0) is 12.8 Å². The van der Waals surface area contributed by atoms with E-state index in [4.69, 9.17) is 9.72 Å². The van der Waals surface area contributed by atoms with Gasteiger partial charge in [0.2, 0.25) is 0 Å². The Bertz CT molecular complexity index is 1280. The highest BCUT2D eigenvalue weighted by molar-refractivity contribution is 5.82. The van der Waals surface area contributed by atoms with Crippen LogP contribution in [0.1, 0.15) is 27.2 Å². The van der Waals surface area contributed by atoms with E-state index in [9.17, 15) is 4.79 Å². The van der Waals surface area contributed by atoms with Crippen molar-refractivity contribution < 1.29 is 14.1 Å². The molecule has 2 heterocycles. The number of aryl methyl sites for hydroxylation is 1. The summed E-state index contributed by atoms with van der Waals surface area (Å²) in [4.78, 5) is 18.4. The lowest BCUT2D eigenvalue weighted by Crippen LogP contribution is -2.44. The molecule has 1 aliphatic rings. The van der Waals surface area contributed by atoms with Crippen LogP contribution in [0.2, 0.25) is 0 Å². The zero-order valence-electron chi connectivity index (χ0n) is 18.8. The van der Waals surface area contributed by atoms with E-state index in [1.165, 1.54) is 5.56 Å². The molecule has 0 spiro atoms. The standard InChI is InChI=1S/C28H25N3O2/c1-19-8-10-21(11-9-19)17-25-28(32)31-18-26(22-12-14-23(33-2)15-13-22)29-24(27(31)30-25)16-20-6-4-3-5-7-20/h3-15,18,25H,16-17H2,1-2H3/p+1. The van der Waals surface area contributed by atoms with E-state index in [1.807, 2.05) is 48.7 Å². The molecule has 5 nitrogen and oxygen atoms in total. The molecule has 0 saturated carbocycles. The van der Waals surface area contributed by atoms with Crippen LogP contribution < -0.4 is 14.6 Å². The van der Waals surface area contributed by atoms with Gasteiger partial charge in [0.15, 0.2) is 6.04 Å². The number of nitrogens with zero attached hydrogens (tertiary/aromatic N) is 2. The molecular formula is C28H26N3O2+. The Morgan fingerprint density at radius 1 is 0.939 bits per heavy atom. The molecule has 1 N–H and O–H groups in total. The van der Waals surface area contributed by atoms with E-state index in [1.54, 1.807) is 11.7 Å². The Morgan fingerprint density at radius 2 is 1.67 bits per heavy atom. The minimum atomic E-state index is -0.324. The highest BCUT2D eigenvalue weighted by Crippen LogP contribution is 2.26. The van der Waals surface area contributed by atoms with Crippen LogP contribution in [0.4, 0.5) is 5.82 Å². The van der Waals surface area contributed by atoms with Gasteiger partial charge in [-0.1, -0.05) is 60.2 Å². The Kier molecular flexibility index (Phi) is 5.61. The monoisotopic (exact) mass is 436 g/mol. The lowest BCUT2D eigenvalue weighted by molar-refractivity contribution is -0.552. The molecule has 0 fully saturated rings. The number of nitrogens with one attached hydrogen (secondary N) is 1. The second kappa shape index (κ2) is 8.87. The number of anilines is 1. The van der Waals surface area contributed by atoms with E-state index >= 15 is 0 Å². The van der Waals surface area contributed by atoms with Crippen LogP contribution in [-0.4, -0.2) is 24.0 Å². The minimum Gasteiger partial charge on any atom is -0.497 e. The lowest BCUT2D eigenvalue weighted by Gasteiger charge is -2.08. The summed E-state index contributed by atoms with van der Waals surface area (Å²) in [6.45, 7) is 2.07. The molecular weight excluding hydrogens is 410 g/mol. The Balaban J connectivity index is 1.53. The van der Waals surface area contributed by atoms with E-state index in [0.29, 0.717) is 12.8 Å². The fraction of sp³-hybridized carbons (Fsp3) is 0.179. The number of benzene rings is 3. The average Bonchev–Trinajstić information content (AvgIpc) is 3.17. The smallest absolute Gasteiger partial charge is 0.359 e. The molecule has 0 radical (unpaired) electrons. The number of ether oxygens (including phenoxy) is 1. The zero-order chi connectivity index (χ0) is 22.8. The van der Waals surface area contributed by atoms with Gasteiger partial charge >= 0.3 is 11.7 Å². The van der Waals surface area contributed by atoms with Crippen molar-refractivity contribution in [2.75, 3.05) is 12.4 Å². The highest BCUT2D eigenvalue weighted by atomic mass is 16.5. The van der Waals surface area contributed by atoms with Crippen molar-refractivity contribution in [1.82, 2.24) is 4.98 Å². The molecule has 33 heavy (non-hydrogen) atoms. The maximum Gasteiger partial charge on any atom is 0.359 e. The molecule has 1 atom stereocenters. The van der Waals surface area contributed by atoms with Crippen LogP contribution in [0.15, 0.2) is 85.1 Å². The largest absolute Gasteiger partial charge is 0.497 e. The third kappa shape index (κ3) is 4.35. The number of aromatic nitrogens is 2. The maximum absolute atomic E-state index is 13.4. The first-order valence-corrected chi connectivity index (χ1v) is 11.1. The summed E-state index contributed by atoms with van der Waals surface area (Å²) in [6, 6.07) is 26.0. The van der Waals surface area contributed by atoms with Crippen molar-refractivity contribution in [3.8, 4) is 17.0 Å². The summed E-state index contributed by atoms with van der Waals surface area (Å²) < 4.78 is 7.03. The first-order valence-electron chi connectivity index (χ1n) is 11.1. The normalized spacial score (nSPS) is 14.6. The predicted molar refractivity (Wildman–Crippen MR) is 129 cm³/mol. The molecule has 0 bridgehead atoms. The van der Waals surface area contributed by atoms with Crippen LogP contribution >= 0.6 is 0 Å². The van der Waals surface area contributed by atoms with Gasteiger partial charge < -0.3 is 4.74 Å². The van der Waals surface area contributed by atoms with Gasteiger partial charge in [-0.05, 0) is 42.3 Å². The molecule has 0 saturated heterocycles. The third-order valence-corrected chi connectivity index (χ3v) is 6.03. The number of carbonyl (C=O) groups is 1. The molecule has 1 aliphatic heterocycles. The van der Waals surface area contributed by atoms with Gasteiger partial charge in [-0.25, -0.2) is 9.78 Å². The molecule has 5 rings (SSSR count). The Morgan fingerprint density at radius 3 is 2.36 bits per heavy atom. The van der Waals surface area contributed by atoms with Gasteiger partial charge in [-0.2, -0.15) is 4.57 Å². The number of fused-ring (bicyclic) bond motifs is 1. The highest BCUT2D eigenvalue weighted by Gasteiger charge is 2.41. The van der Waals surface area contributed by atoms with Crippen LogP contribution in [0.25, 0.3) is 11.3 Å². The average molecular weight is 437 g/mol. The minimum absolute atomic E-state index is 0.0389. The molecule has 0 aliphatic carbocycles. The quantitative estimate of drug-likeness (QED) is 0.448. The molecule has 1 unspecified atom stereocenters. The van der Waals surface area contributed by atoms with Crippen molar-refractivity contribution >= 4 is 11.7 Å². The van der Waals surface area contributed by atoms with Crippen molar-refractivity contribution in [2.24, 2.45) is 0 Å². The predicted octanol–water partition coefficient (Wildman–Crippen LogP) is 4.62. The Labute approximate surface area is 193 Å². The summed E-state index contributed by atoms with van der Waals surface area (Å²) in [6.07, 6.45) is 3.11. The topological polar surface area (TPSA) is 55.1 Å². The fourth-order valence-electron chi connectivity index (χ4n) is 4.19. The zero-order valence-corrected chi connectivity index (χ0v) is 18.8. The SMILES string of the molecule is COc1ccc(-c2c[n+]3c(c(Cc4ccccc4)n2)NC(Cc2ccc(C)cc2)C3=O)cc1. The van der Waals surface area contributed by atoms with Crippen molar-refractivity contribution in [2.45, 2.75) is 25.8 Å². The van der Waals surface area contributed by atoms with Crippen LogP contribution in [0.3, 0.4) is 0 Å². The van der Waals surface area contributed by atoms with Gasteiger partial charge in [-0.15, -0.1) is 0 Å². The molecule has 3 aromatic carbocycles. The second-order valence-corrected chi connectivity index (χ2v) is 8.41. The summed E-state index contributed by atoms with van der Waals surface area (Å²) >= 11 is 0. The number of carbonyl (C=O) groups excluding carboxylic acids is 1.